The van der Waals surface area contributed by atoms with E-state index in [1.165, 1.54) is 16.7 Å². The molecule has 14 heteroatoms. The van der Waals surface area contributed by atoms with Crippen molar-refractivity contribution in [3.05, 3.63) is 46.6 Å². The summed E-state index contributed by atoms with van der Waals surface area (Å²) >= 11 is 0. The standard InChI is InChI=1S/C25H30F4N6O3S/c1-14(2)35-22-16(13-31-24(33-22)32-18-5-3-4-17(30)12-18)10-19(23(35)36)15-6-7-21(20(26)11-15)34-39(37,38)9-8-25(27,28)29/h6-7,10-11,13-14,17-18,34H,3-5,8-9,12,30H2,1-2H3,(H,31,32,33)/t17-,18-/m0/s1. The molecule has 4 rings (SSSR count). The highest BCUT2D eigenvalue weighted by Crippen LogP contribution is 2.28. The van der Waals surface area contributed by atoms with Crippen LogP contribution >= 0.6 is 0 Å². The minimum atomic E-state index is -4.67. The van der Waals surface area contributed by atoms with Crippen LogP contribution in [0.3, 0.4) is 0 Å². The van der Waals surface area contributed by atoms with Gasteiger partial charge in [-0.1, -0.05) is 6.07 Å². The first-order valence-electron chi connectivity index (χ1n) is 12.5. The summed E-state index contributed by atoms with van der Waals surface area (Å²) < 4.78 is 79.4. The van der Waals surface area contributed by atoms with Crippen LogP contribution in [0.4, 0.5) is 29.2 Å². The van der Waals surface area contributed by atoms with Crippen LogP contribution in [0.1, 0.15) is 52.0 Å². The Kier molecular flexibility index (Phi) is 8.17. The van der Waals surface area contributed by atoms with E-state index in [0.717, 1.165) is 37.8 Å². The number of pyridine rings is 1. The highest BCUT2D eigenvalue weighted by atomic mass is 32.2. The third kappa shape index (κ3) is 7.04. The van der Waals surface area contributed by atoms with Gasteiger partial charge in [-0.05, 0) is 63.3 Å². The van der Waals surface area contributed by atoms with Crippen molar-refractivity contribution in [2.45, 2.75) is 70.3 Å². The van der Waals surface area contributed by atoms with E-state index in [0.29, 0.717) is 17.0 Å². The summed E-state index contributed by atoms with van der Waals surface area (Å²) in [6.45, 7) is 3.61. The molecule has 0 saturated heterocycles. The first-order valence-corrected chi connectivity index (χ1v) is 14.2. The quantitative estimate of drug-likeness (QED) is 0.339. The highest BCUT2D eigenvalue weighted by molar-refractivity contribution is 7.92. The van der Waals surface area contributed by atoms with Crippen LogP contribution in [0.25, 0.3) is 22.2 Å². The normalized spacial score (nSPS) is 18.5. The van der Waals surface area contributed by atoms with Crippen molar-refractivity contribution in [1.29, 1.82) is 0 Å². The van der Waals surface area contributed by atoms with E-state index in [1.807, 2.05) is 4.72 Å². The van der Waals surface area contributed by atoms with Crippen molar-refractivity contribution < 1.29 is 26.0 Å². The minimum Gasteiger partial charge on any atom is -0.351 e. The van der Waals surface area contributed by atoms with Crippen LogP contribution in [0.2, 0.25) is 0 Å². The number of rotatable bonds is 8. The third-order valence-corrected chi connectivity index (χ3v) is 7.81. The highest BCUT2D eigenvalue weighted by Gasteiger charge is 2.30. The number of nitrogens with two attached hydrogens (primary N) is 1. The SMILES string of the molecule is CC(C)n1c(=O)c(-c2ccc(NS(=O)(=O)CCC(F)(F)F)c(F)c2)cc2cnc(N[C@H]3CCC[C@H](N)C3)nc21. The van der Waals surface area contributed by atoms with Gasteiger partial charge in [0.2, 0.25) is 16.0 Å². The lowest BCUT2D eigenvalue weighted by Crippen LogP contribution is -2.35. The summed E-state index contributed by atoms with van der Waals surface area (Å²) in [6.07, 6.45) is -0.985. The zero-order valence-corrected chi connectivity index (χ0v) is 22.2. The number of anilines is 2. The molecule has 1 saturated carbocycles. The fourth-order valence-corrected chi connectivity index (χ4v) is 5.75. The van der Waals surface area contributed by atoms with Crippen molar-refractivity contribution in [2.24, 2.45) is 5.73 Å². The third-order valence-electron chi connectivity index (χ3n) is 6.54. The number of halogens is 4. The van der Waals surface area contributed by atoms with Crippen LogP contribution in [0.5, 0.6) is 0 Å². The Balaban J connectivity index is 1.66. The van der Waals surface area contributed by atoms with E-state index in [-0.39, 0.29) is 29.3 Å². The molecule has 4 N–H and O–H groups in total. The molecule has 9 nitrogen and oxygen atoms in total. The fourth-order valence-electron chi connectivity index (χ4n) is 4.65. The molecular formula is C25H30F4N6O3S. The van der Waals surface area contributed by atoms with Gasteiger partial charge in [0.05, 0.1) is 17.9 Å². The summed E-state index contributed by atoms with van der Waals surface area (Å²) in [5.41, 5.74) is 5.79. The van der Waals surface area contributed by atoms with E-state index in [4.69, 9.17) is 5.73 Å². The lowest BCUT2D eigenvalue weighted by atomic mass is 9.92. The molecule has 1 aliphatic rings. The van der Waals surface area contributed by atoms with Crippen LogP contribution in [-0.2, 0) is 10.0 Å². The van der Waals surface area contributed by atoms with E-state index in [2.05, 4.69) is 15.3 Å². The fraction of sp³-hybridized carbons (Fsp3) is 0.480. The Morgan fingerprint density at radius 2 is 1.95 bits per heavy atom. The second kappa shape index (κ2) is 11.1. The summed E-state index contributed by atoms with van der Waals surface area (Å²) in [4.78, 5) is 22.5. The lowest BCUT2D eigenvalue weighted by molar-refractivity contribution is -0.129. The Morgan fingerprint density at radius 3 is 2.59 bits per heavy atom. The van der Waals surface area contributed by atoms with E-state index in [9.17, 15) is 30.8 Å². The van der Waals surface area contributed by atoms with Crippen molar-refractivity contribution in [3.63, 3.8) is 0 Å². The van der Waals surface area contributed by atoms with Crippen LogP contribution < -0.4 is 21.3 Å². The monoisotopic (exact) mass is 570 g/mol. The Labute approximate surface area is 222 Å². The van der Waals surface area contributed by atoms with Gasteiger partial charge in [-0.25, -0.2) is 17.8 Å². The Hall–Kier alpha value is -3.26. The molecule has 0 bridgehead atoms. The number of alkyl halides is 3. The average molecular weight is 571 g/mol. The van der Waals surface area contributed by atoms with Gasteiger partial charge in [-0.2, -0.15) is 18.2 Å². The number of benzene rings is 1. The maximum Gasteiger partial charge on any atom is 0.390 e. The molecule has 1 aromatic carbocycles. The van der Waals surface area contributed by atoms with Gasteiger partial charge in [0.25, 0.3) is 5.56 Å². The molecule has 0 unspecified atom stereocenters. The molecule has 2 heterocycles. The van der Waals surface area contributed by atoms with Crippen LogP contribution in [0.15, 0.2) is 35.3 Å². The Morgan fingerprint density at radius 1 is 1.21 bits per heavy atom. The van der Waals surface area contributed by atoms with Crippen molar-refractivity contribution in [2.75, 3.05) is 15.8 Å². The van der Waals surface area contributed by atoms with Gasteiger partial charge in [0.1, 0.15) is 11.5 Å². The first kappa shape index (κ1) is 28.7. The molecule has 0 aliphatic heterocycles. The summed E-state index contributed by atoms with van der Waals surface area (Å²) in [5, 5.41) is 3.83. The summed E-state index contributed by atoms with van der Waals surface area (Å²) in [5.74, 6) is -1.91. The van der Waals surface area contributed by atoms with Crippen molar-refractivity contribution in [3.8, 4) is 11.1 Å². The molecule has 3 aromatic rings. The van der Waals surface area contributed by atoms with E-state index in [1.54, 1.807) is 20.0 Å². The largest absolute Gasteiger partial charge is 0.390 e. The number of hydrogen-bond acceptors (Lipinski definition) is 7. The van der Waals surface area contributed by atoms with Gasteiger partial charge >= 0.3 is 6.18 Å². The zero-order chi connectivity index (χ0) is 28.5. The lowest BCUT2D eigenvalue weighted by Gasteiger charge is -2.27. The molecule has 39 heavy (non-hydrogen) atoms. The van der Waals surface area contributed by atoms with E-state index >= 15 is 0 Å². The van der Waals surface area contributed by atoms with E-state index < -0.39 is 45.4 Å². The zero-order valence-electron chi connectivity index (χ0n) is 21.4. The molecule has 2 atom stereocenters. The first-order chi connectivity index (χ1) is 18.2. The molecule has 1 fully saturated rings. The van der Waals surface area contributed by atoms with Crippen LogP contribution in [0, 0.1) is 5.82 Å². The molecule has 212 valence electrons. The minimum absolute atomic E-state index is 0.107. The topological polar surface area (TPSA) is 132 Å². The second-order valence-corrected chi connectivity index (χ2v) is 11.9. The van der Waals surface area contributed by atoms with Crippen LogP contribution in [-0.4, -0.2) is 47.0 Å². The second-order valence-electron chi connectivity index (χ2n) is 10.0. The molecular weight excluding hydrogens is 540 g/mol. The number of nitrogens with zero attached hydrogens (tertiary/aromatic N) is 3. The number of sulfonamides is 1. The van der Waals surface area contributed by atoms with Crippen molar-refractivity contribution >= 4 is 32.7 Å². The number of nitrogens with one attached hydrogen (secondary N) is 2. The predicted octanol–water partition coefficient (Wildman–Crippen LogP) is 4.55. The summed E-state index contributed by atoms with van der Waals surface area (Å²) in [6, 6.07) is 4.79. The maximum absolute atomic E-state index is 14.8. The van der Waals surface area contributed by atoms with Gasteiger partial charge < -0.3 is 11.1 Å². The maximum atomic E-state index is 14.8. The van der Waals surface area contributed by atoms with Gasteiger partial charge in [0, 0.05) is 35.3 Å². The smallest absolute Gasteiger partial charge is 0.351 e. The molecule has 0 amide bonds. The predicted molar refractivity (Wildman–Crippen MR) is 142 cm³/mol. The van der Waals surface area contributed by atoms with Gasteiger partial charge in [-0.3, -0.25) is 14.1 Å². The number of fused-ring (bicyclic) bond motifs is 1. The average Bonchev–Trinajstić information content (AvgIpc) is 2.83. The number of aromatic nitrogens is 3. The van der Waals surface area contributed by atoms with Crippen molar-refractivity contribution in [1.82, 2.24) is 14.5 Å². The van der Waals surface area contributed by atoms with Gasteiger partial charge in [-0.15, -0.1) is 0 Å². The van der Waals surface area contributed by atoms with Gasteiger partial charge in [0.15, 0.2) is 0 Å². The Bertz CT molecular complexity index is 1520. The molecule has 2 aromatic heterocycles. The molecule has 0 radical (unpaired) electrons. The molecule has 0 spiro atoms. The summed E-state index contributed by atoms with van der Waals surface area (Å²) in [7, 11) is -4.45. The molecule has 1 aliphatic carbocycles. The number of hydrogen-bond donors (Lipinski definition) is 3.